The number of hydrogen-bond acceptors (Lipinski definition) is 2. The summed E-state index contributed by atoms with van der Waals surface area (Å²) in [5.41, 5.74) is 3.75. The van der Waals surface area contributed by atoms with Gasteiger partial charge in [-0.15, -0.1) is 0 Å². The first-order chi connectivity index (χ1) is 9.74. The number of hydrogen-bond donors (Lipinski definition) is 1. The monoisotopic (exact) mass is 265 g/mol. The summed E-state index contributed by atoms with van der Waals surface area (Å²) in [5.74, 6) is 0.0649. The Morgan fingerprint density at radius 3 is 2.80 bits per heavy atom. The maximum Gasteiger partial charge on any atom is 0.231 e. The molecule has 0 spiro atoms. The molecule has 0 aliphatic rings. The van der Waals surface area contributed by atoms with Gasteiger partial charge in [-0.1, -0.05) is 24.3 Å². The fourth-order valence-corrected chi connectivity index (χ4v) is 2.18. The molecule has 0 aliphatic carbocycles. The number of nitrogens with one attached hydrogen (secondary N) is 1. The molecule has 1 heterocycles. The van der Waals surface area contributed by atoms with Crippen LogP contribution in [0.15, 0.2) is 54.9 Å². The Bertz CT molecular complexity index is 734. The van der Waals surface area contributed by atoms with Crippen molar-refractivity contribution in [3.05, 3.63) is 60.4 Å². The zero-order valence-electron chi connectivity index (χ0n) is 11.2. The zero-order chi connectivity index (χ0) is 13.9. The van der Waals surface area contributed by atoms with E-state index >= 15 is 0 Å². The highest BCUT2D eigenvalue weighted by molar-refractivity contribution is 5.94. The summed E-state index contributed by atoms with van der Waals surface area (Å²) in [5, 5.41) is 0. The standard InChI is InChI=1S/C16H15N3O/c1-19(13-5-3-2-4-6-13)16(20)10-12-7-8-14-15(9-12)18-11-17-14/h2-9,11H,10H2,1H3,(H,17,18). The minimum absolute atomic E-state index is 0.0649. The molecular formula is C16H15N3O. The third-order valence-corrected chi connectivity index (χ3v) is 3.36. The average Bonchev–Trinajstić information content (AvgIpc) is 2.95. The highest BCUT2D eigenvalue weighted by atomic mass is 16.2. The van der Waals surface area contributed by atoms with Gasteiger partial charge in [0.1, 0.15) is 0 Å². The van der Waals surface area contributed by atoms with E-state index in [4.69, 9.17) is 0 Å². The number of benzene rings is 2. The molecule has 0 saturated carbocycles. The number of nitrogens with zero attached hydrogens (tertiary/aromatic N) is 2. The number of H-pyrrole nitrogens is 1. The summed E-state index contributed by atoms with van der Waals surface area (Å²) in [6.45, 7) is 0. The van der Waals surface area contributed by atoms with Gasteiger partial charge in [0.05, 0.1) is 23.8 Å². The van der Waals surface area contributed by atoms with E-state index in [1.807, 2.05) is 48.5 Å². The Morgan fingerprint density at radius 1 is 1.20 bits per heavy atom. The van der Waals surface area contributed by atoms with E-state index in [1.54, 1.807) is 18.3 Å². The zero-order valence-corrected chi connectivity index (χ0v) is 11.2. The molecule has 100 valence electrons. The fourth-order valence-electron chi connectivity index (χ4n) is 2.18. The van der Waals surface area contributed by atoms with E-state index in [2.05, 4.69) is 9.97 Å². The molecule has 0 fully saturated rings. The molecule has 0 bridgehead atoms. The molecule has 0 unspecified atom stereocenters. The van der Waals surface area contributed by atoms with E-state index in [9.17, 15) is 4.79 Å². The molecule has 4 nitrogen and oxygen atoms in total. The largest absolute Gasteiger partial charge is 0.345 e. The number of anilines is 1. The Morgan fingerprint density at radius 2 is 2.00 bits per heavy atom. The Kier molecular flexibility index (Phi) is 3.21. The van der Waals surface area contributed by atoms with E-state index < -0.39 is 0 Å². The van der Waals surface area contributed by atoms with Crippen molar-refractivity contribution in [2.75, 3.05) is 11.9 Å². The first-order valence-electron chi connectivity index (χ1n) is 6.47. The lowest BCUT2D eigenvalue weighted by molar-refractivity contribution is -0.117. The van der Waals surface area contributed by atoms with Crippen LogP contribution in [0.5, 0.6) is 0 Å². The Hall–Kier alpha value is -2.62. The van der Waals surface area contributed by atoms with E-state index in [0.29, 0.717) is 6.42 Å². The van der Waals surface area contributed by atoms with Crippen molar-refractivity contribution in [1.82, 2.24) is 9.97 Å². The van der Waals surface area contributed by atoms with Gasteiger partial charge in [-0.05, 0) is 29.8 Å². The molecule has 1 N–H and O–H groups in total. The van der Waals surface area contributed by atoms with Gasteiger partial charge >= 0.3 is 0 Å². The van der Waals surface area contributed by atoms with Gasteiger partial charge in [0.2, 0.25) is 5.91 Å². The number of carbonyl (C=O) groups is 1. The van der Waals surface area contributed by atoms with Crippen molar-refractivity contribution < 1.29 is 4.79 Å². The predicted molar refractivity (Wildman–Crippen MR) is 79.6 cm³/mol. The normalized spacial score (nSPS) is 10.7. The number of fused-ring (bicyclic) bond motifs is 1. The fraction of sp³-hybridized carbons (Fsp3) is 0.125. The molecule has 3 rings (SSSR count). The minimum Gasteiger partial charge on any atom is -0.345 e. The highest BCUT2D eigenvalue weighted by Gasteiger charge is 2.11. The second-order valence-corrected chi connectivity index (χ2v) is 4.72. The molecule has 1 amide bonds. The Labute approximate surface area is 117 Å². The van der Waals surface area contributed by atoms with Gasteiger partial charge in [0, 0.05) is 12.7 Å². The number of carbonyl (C=O) groups excluding carboxylic acids is 1. The summed E-state index contributed by atoms with van der Waals surface area (Å²) < 4.78 is 0. The molecule has 1 aromatic heterocycles. The quantitative estimate of drug-likeness (QED) is 0.791. The van der Waals surface area contributed by atoms with Crippen LogP contribution in [0.1, 0.15) is 5.56 Å². The Balaban J connectivity index is 1.78. The number of aromatic amines is 1. The first kappa shape index (κ1) is 12.4. The molecule has 2 aromatic carbocycles. The van der Waals surface area contributed by atoms with Crippen molar-refractivity contribution in [1.29, 1.82) is 0 Å². The second kappa shape index (κ2) is 5.17. The maximum absolute atomic E-state index is 12.3. The summed E-state index contributed by atoms with van der Waals surface area (Å²) in [4.78, 5) is 21.2. The van der Waals surface area contributed by atoms with Gasteiger partial charge in [-0.3, -0.25) is 4.79 Å². The van der Waals surface area contributed by atoms with E-state index in [1.165, 1.54) is 0 Å². The van der Waals surface area contributed by atoms with E-state index in [-0.39, 0.29) is 5.91 Å². The molecule has 0 aliphatic heterocycles. The van der Waals surface area contributed by atoms with E-state index in [0.717, 1.165) is 22.3 Å². The molecule has 20 heavy (non-hydrogen) atoms. The second-order valence-electron chi connectivity index (χ2n) is 4.72. The number of rotatable bonds is 3. The van der Waals surface area contributed by atoms with Crippen molar-refractivity contribution in [2.24, 2.45) is 0 Å². The number of aromatic nitrogens is 2. The van der Waals surface area contributed by atoms with Crippen LogP contribution >= 0.6 is 0 Å². The topological polar surface area (TPSA) is 49.0 Å². The molecule has 0 radical (unpaired) electrons. The minimum atomic E-state index is 0.0649. The number of likely N-dealkylation sites (N-methyl/N-ethyl adjacent to an activating group) is 1. The molecule has 0 saturated heterocycles. The van der Waals surface area contributed by atoms with Crippen LogP contribution in [0, 0.1) is 0 Å². The third kappa shape index (κ3) is 2.40. The van der Waals surface area contributed by atoms with Crippen LogP contribution in [-0.2, 0) is 11.2 Å². The highest BCUT2D eigenvalue weighted by Crippen LogP contribution is 2.15. The molecule has 3 aromatic rings. The SMILES string of the molecule is CN(C(=O)Cc1ccc2nc[nH]c2c1)c1ccccc1. The summed E-state index contributed by atoms with van der Waals surface area (Å²) in [6.07, 6.45) is 2.03. The van der Waals surface area contributed by atoms with Gasteiger partial charge in [-0.25, -0.2) is 4.98 Å². The van der Waals surface area contributed by atoms with Gasteiger partial charge in [-0.2, -0.15) is 0 Å². The lowest BCUT2D eigenvalue weighted by atomic mass is 10.1. The van der Waals surface area contributed by atoms with Crippen LogP contribution in [0.4, 0.5) is 5.69 Å². The predicted octanol–water partition coefficient (Wildman–Crippen LogP) is 2.77. The van der Waals surface area contributed by atoms with Crippen molar-refractivity contribution in [2.45, 2.75) is 6.42 Å². The lowest BCUT2D eigenvalue weighted by Crippen LogP contribution is -2.27. The van der Waals surface area contributed by atoms with Crippen LogP contribution in [0.3, 0.4) is 0 Å². The summed E-state index contributed by atoms with van der Waals surface area (Å²) in [6, 6.07) is 15.5. The van der Waals surface area contributed by atoms with Crippen LogP contribution in [-0.4, -0.2) is 22.9 Å². The average molecular weight is 265 g/mol. The van der Waals surface area contributed by atoms with Crippen molar-refractivity contribution in [3.8, 4) is 0 Å². The van der Waals surface area contributed by atoms with Gasteiger partial charge in [0.25, 0.3) is 0 Å². The van der Waals surface area contributed by atoms with Crippen molar-refractivity contribution in [3.63, 3.8) is 0 Å². The summed E-state index contributed by atoms with van der Waals surface area (Å²) >= 11 is 0. The molecular weight excluding hydrogens is 250 g/mol. The van der Waals surface area contributed by atoms with Crippen LogP contribution in [0.25, 0.3) is 11.0 Å². The maximum atomic E-state index is 12.3. The lowest BCUT2D eigenvalue weighted by Gasteiger charge is -2.17. The summed E-state index contributed by atoms with van der Waals surface area (Å²) in [7, 11) is 1.80. The smallest absolute Gasteiger partial charge is 0.231 e. The van der Waals surface area contributed by atoms with Crippen LogP contribution in [0.2, 0.25) is 0 Å². The molecule has 4 heteroatoms. The van der Waals surface area contributed by atoms with Crippen molar-refractivity contribution >= 4 is 22.6 Å². The molecule has 0 atom stereocenters. The van der Waals surface area contributed by atoms with Crippen LogP contribution < -0.4 is 4.90 Å². The van der Waals surface area contributed by atoms with Gasteiger partial charge in [0.15, 0.2) is 0 Å². The first-order valence-corrected chi connectivity index (χ1v) is 6.47. The third-order valence-electron chi connectivity index (χ3n) is 3.36. The number of para-hydroxylation sites is 1. The van der Waals surface area contributed by atoms with Gasteiger partial charge < -0.3 is 9.88 Å². The number of amides is 1. The number of imidazole rings is 1.